The molecule has 0 aliphatic heterocycles. The van der Waals surface area contributed by atoms with Gasteiger partial charge in [0.2, 0.25) is 6.41 Å². The van der Waals surface area contributed by atoms with Gasteiger partial charge < -0.3 is 10.1 Å². The van der Waals surface area contributed by atoms with Gasteiger partial charge in [-0.25, -0.2) is 9.78 Å². The summed E-state index contributed by atoms with van der Waals surface area (Å²) in [4.78, 5) is 26.6. The van der Waals surface area contributed by atoms with Crippen molar-refractivity contribution in [2.45, 2.75) is 46.6 Å². The number of ether oxygens (including phenoxy) is 1. The van der Waals surface area contributed by atoms with Crippen molar-refractivity contribution in [1.82, 2.24) is 14.9 Å². The molecule has 112 valence electrons. The predicted octanol–water partition coefficient (Wildman–Crippen LogP) is 2.01. The molecule has 0 saturated heterocycles. The first-order valence-corrected chi connectivity index (χ1v) is 6.57. The number of nitrogens with zero attached hydrogens (tertiary/aromatic N) is 2. The topological polar surface area (TPSA) is 73.2 Å². The number of rotatable bonds is 5. The van der Waals surface area contributed by atoms with Crippen molar-refractivity contribution in [3.05, 3.63) is 18.2 Å². The summed E-state index contributed by atoms with van der Waals surface area (Å²) in [5.41, 5.74) is -0.745. The van der Waals surface area contributed by atoms with Crippen LogP contribution in [-0.4, -0.2) is 34.2 Å². The van der Waals surface area contributed by atoms with Gasteiger partial charge in [-0.2, -0.15) is 0 Å². The lowest BCUT2D eigenvalue weighted by Gasteiger charge is -2.26. The minimum atomic E-state index is -0.512. The molecule has 0 aliphatic carbocycles. The average Bonchev–Trinajstić information content (AvgIpc) is 2.71. The van der Waals surface area contributed by atoms with Gasteiger partial charge in [0.1, 0.15) is 11.4 Å². The highest BCUT2D eigenvalue weighted by Crippen LogP contribution is 2.20. The van der Waals surface area contributed by atoms with Crippen LogP contribution in [0.4, 0.5) is 4.79 Å². The van der Waals surface area contributed by atoms with E-state index in [0.717, 1.165) is 6.41 Å². The van der Waals surface area contributed by atoms with Crippen molar-refractivity contribution in [1.29, 1.82) is 0 Å². The van der Waals surface area contributed by atoms with E-state index in [9.17, 15) is 9.59 Å². The summed E-state index contributed by atoms with van der Waals surface area (Å²) in [5.74, 6) is 0.677. The molecule has 0 unspecified atom stereocenters. The summed E-state index contributed by atoms with van der Waals surface area (Å²) in [5, 5.41) is 2.74. The highest BCUT2D eigenvalue weighted by molar-refractivity contribution is 5.67. The van der Waals surface area contributed by atoms with Crippen LogP contribution in [0.25, 0.3) is 0 Å². The Hall–Kier alpha value is -1.85. The fourth-order valence-electron chi connectivity index (χ4n) is 1.69. The minimum Gasteiger partial charge on any atom is -0.444 e. The Morgan fingerprint density at radius 1 is 1.40 bits per heavy atom. The first-order valence-electron chi connectivity index (χ1n) is 6.57. The van der Waals surface area contributed by atoms with E-state index in [2.05, 4.69) is 10.3 Å². The van der Waals surface area contributed by atoms with Crippen LogP contribution in [0.15, 0.2) is 12.4 Å². The number of aromatic nitrogens is 2. The van der Waals surface area contributed by atoms with Gasteiger partial charge in [0, 0.05) is 25.4 Å². The molecule has 0 aromatic carbocycles. The SMILES string of the molecule is CC(C)(CNC(=O)OC(C)(C)C)Cc1nccn1C=O. The average molecular weight is 281 g/mol. The molecule has 1 N–H and O–H groups in total. The van der Waals surface area contributed by atoms with Crippen LogP contribution in [0.2, 0.25) is 0 Å². The molecule has 6 heteroatoms. The first-order chi connectivity index (χ1) is 9.13. The zero-order valence-electron chi connectivity index (χ0n) is 12.8. The number of hydrogen-bond donors (Lipinski definition) is 1. The summed E-state index contributed by atoms with van der Waals surface area (Å²) in [6, 6.07) is 0. The fourth-order valence-corrected chi connectivity index (χ4v) is 1.69. The van der Waals surface area contributed by atoms with E-state index < -0.39 is 11.7 Å². The van der Waals surface area contributed by atoms with Crippen molar-refractivity contribution < 1.29 is 14.3 Å². The Balaban J connectivity index is 2.53. The molecule has 1 heterocycles. The van der Waals surface area contributed by atoms with Crippen molar-refractivity contribution in [3.8, 4) is 0 Å². The zero-order chi connectivity index (χ0) is 15.4. The molecule has 0 atom stereocenters. The predicted molar refractivity (Wildman–Crippen MR) is 76.1 cm³/mol. The van der Waals surface area contributed by atoms with Crippen LogP contribution < -0.4 is 5.32 Å². The molecule has 20 heavy (non-hydrogen) atoms. The molecule has 1 aromatic heterocycles. The number of imidazole rings is 1. The molecule has 1 aromatic rings. The number of hydrogen-bond acceptors (Lipinski definition) is 4. The van der Waals surface area contributed by atoms with E-state index in [1.807, 2.05) is 34.6 Å². The molecule has 1 amide bonds. The number of amides is 1. The molecular formula is C14H23N3O3. The largest absolute Gasteiger partial charge is 0.444 e. The summed E-state index contributed by atoms with van der Waals surface area (Å²) in [6.45, 7) is 9.88. The lowest BCUT2D eigenvalue weighted by atomic mass is 9.89. The van der Waals surface area contributed by atoms with Crippen molar-refractivity contribution in [2.24, 2.45) is 5.41 Å². The lowest BCUT2D eigenvalue weighted by molar-refractivity contribution is 0.0506. The summed E-state index contributed by atoms with van der Waals surface area (Å²) < 4.78 is 6.63. The molecule has 6 nitrogen and oxygen atoms in total. The van der Waals surface area contributed by atoms with E-state index in [1.165, 1.54) is 4.57 Å². The summed E-state index contributed by atoms with van der Waals surface area (Å²) >= 11 is 0. The van der Waals surface area contributed by atoms with Gasteiger partial charge in [-0.1, -0.05) is 13.8 Å². The highest BCUT2D eigenvalue weighted by Gasteiger charge is 2.23. The van der Waals surface area contributed by atoms with Crippen LogP contribution in [0.5, 0.6) is 0 Å². The van der Waals surface area contributed by atoms with Gasteiger partial charge in [-0.3, -0.25) is 9.36 Å². The van der Waals surface area contributed by atoms with Crippen LogP contribution in [0.1, 0.15) is 40.4 Å². The Labute approximate surface area is 119 Å². The summed E-state index contributed by atoms with van der Waals surface area (Å²) in [7, 11) is 0. The maximum Gasteiger partial charge on any atom is 0.407 e. The number of carbonyl (C=O) groups excluding carboxylic acids is 2. The zero-order valence-corrected chi connectivity index (χ0v) is 12.8. The normalized spacial score (nSPS) is 12.1. The Kier molecular flexibility index (Phi) is 4.92. The monoisotopic (exact) mass is 281 g/mol. The first kappa shape index (κ1) is 16.2. The minimum absolute atomic E-state index is 0.233. The molecule has 0 bridgehead atoms. The third kappa shape index (κ3) is 5.42. The van der Waals surface area contributed by atoms with E-state index in [0.29, 0.717) is 18.8 Å². The second kappa shape index (κ2) is 6.07. The van der Waals surface area contributed by atoms with Gasteiger partial charge in [-0.05, 0) is 26.2 Å². The van der Waals surface area contributed by atoms with Gasteiger partial charge in [-0.15, -0.1) is 0 Å². The second-order valence-corrected chi connectivity index (χ2v) is 6.55. The van der Waals surface area contributed by atoms with Crippen molar-refractivity contribution in [2.75, 3.05) is 6.54 Å². The molecule has 1 rings (SSSR count). The van der Waals surface area contributed by atoms with Gasteiger partial charge in [0.25, 0.3) is 0 Å². The van der Waals surface area contributed by atoms with E-state index >= 15 is 0 Å². The van der Waals surface area contributed by atoms with E-state index in [1.54, 1.807) is 12.4 Å². The quantitative estimate of drug-likeness (QED) is 0.838. The van der Waals surface area contributed by atoms with Gasteiger partial charge >= 0.3 is 6.09 Å². The Morgan fingerprint density at radius 3 is 2.60 bits per heavy atom. The van der Waals surface area contributed by atoms with Crippen molar-refractivity contribution >= 4 is 12.5 Å². The highest BCUT2D eigenvalue weighted by atomic mass is 16.6. The van der Waals surface area contributed by atoms with Crippen LogP contribution >= 0.6 is 0 Å². The number of carbonyl (C=O) groups is 2. The Bertz CT molecular complexity index is 472. The molecule has 0 aliphatic rings. The van der Waals surface area contributed by atoms with Gasteiger partial charge in [0.15, 0.2) is 0 Å². The molecule has 0 radical (unpaired) electrons. The smallest absolute Gasteiger partial charge is 0.407 e. The number of alkyl carbamates (subject to hydrolysis) is 1. The number of nitrogens with one attached hydrogen (secondary N) is 1. The second-order valence-electron chi connectivity index (χ2n) is 6.55. The fraction of sp³-hybridized carbons (Fsp3) is 0.643. The maximum absolute atomic E-state index is 11.6. The van der Waals surface area contributed by atoms with Crippen LogP contribution in [-0.2, 0) is 16.0 Å². The third-order valence-electron chi connectivity index (χ3n) is 2.61. The maximum atomic E-state index is 11.6. The van der Waals surface area contributed by atoms with Crippen LogP contribution in [0, 0.1) is 5.41 Å². The molecular weight excluding hydrogens is 258 g/mol. The van der Waals surface area contributed by atoms with Crippen molar-refractivity contribution in [3.63, 3.8) is 0 Å². The van der Waals surface area contributed by atoms with E-state index in [-0.39, 0.29) is 5.41 Å². The molecule has 0 saturated carbocycles. The molecule has 0 fully saturated rings. The standard InChI is InChI=1S/C14H23N3O3/c1-13(2,3)20-12(19)16-9-14(4,5)8-11-15-6-7-17(11)10-18/h6-7,10H,8-9H2,1-5H3,(H,16,19). The summed E-state index contributed by atoms with van der Waals surface area (Å²) in [6.07, 6.45) is 4.05. The third-order valence-corrected chi connectivity index (χ3v) is 2.61. The Morgan fingerprint density at radius 2 is 2.05 bits per heavy atom. The van der Waals surface area contributed by atoms with Gasteiger partial charge in [0.05, 0.1) is 0 Å². The lowest BCUT2D eigenvalue weighted by Crippen LogP contribution is -2.39. The van der Waals surface area contributed by atoms with E-state index in [4.69, 9.17) is 4.74 Å². The molecule has 0 spiro atoms. The van der Waals surface area contributed by atoms with Crippen LogP contribution in [0.3, 0.4) is 0 Å².